The standard InChI is InChI=1S/C28H32N2O7S/c1-20-4-11-27(38(31,32)33)22(18-20)12-13-34-14-15-35-16-17-36-24-9-10-26-25(19-24)29-28(37-26)21-5-7-23(8-6-21)30(2)3/h4-11,18-19H,12-17H2,1-3H3,(H,31,32,33). The van der Waals surface area contributed by atoms with Crippen molar-refractivity contribution in [3.63, 3.8) is 0 Å². The van der Waals surface area contributed by atoms with Gasteiger partial charge in [-0.2, -0.15) is 8.42 Å². The first kappa shape index (κ1) is 27.6. The Bertz CT molecular complexity index is 1460. The largest absolute Gasteiger partial charge is 0.491 e. The molecule has 1 N–H and O–H groups in total. The molecule has 38 heavy (non-hydrogen) atoms. The molecule has 3 aromatic carbocycles. The highest BCUT2D eigenvalue weighted by Gasteiger charge is 2.15. The lowest BCUT2D eigenvalue weighted by Crippen LogP contribution is -2.12. The summed E-state index contributed by atoms with van der Waals surface area (Å²) in [6.45, 7) is 3.65. The number of oxazole rings is 1. The van der Waals surface area contributed by atoms with Crippen molar-refractivity contribution in [3.8, 4) is 17.2 Å². The van der Waals surface area contributed by atoms with Crippen LogP contribution in [0, 0.1) is 6.92 Å². The maximum atomic E-state index is 11.5. The molecule has 0 unspecified atom stereocenters. The fourth-order valence-corrected chi connectivity index (χ4v) is 4.63. The summed E-state index contributed by atoms with van der Waals surface area (Å²) in [5, 5.41) is 0. The number of benzene rings is 3. The van der Waals surface area contributed by atoms with Crippen LogP contribution in [0.1, 0.15) is 11.1 Å². The monoisotopic (exact) mass is 540 g/mol. The molecule has 0 fully saturated rings. The lowest BCUT2D eigenvalue weighted by Gasteiger charge is -2.11. The Labute approximate surface area is 222 Å². The lowest BCUT2D eigenvalue weighted by molar-refractivity contribution is 0.0372. The van der Waals surface area contributed by atoms with Crippen molar-refractivity contribution in [2.24, 2.45) is 0 Å². The van der Waals surface area contributed by atoms with E-state index in [-0.39, 0.29) is 4.90 Å². The Kier molecular flexibility index (Phi) is 9.01. The van der Waals surface area contributed by atoms with Crippen molar-refractivity contribution in [2.45, 2.75) is 18.2 Å². The topological polar surface area (TPSA) is 111 Å². The number of fused-ring (bicyclic) bond motifs is 1. The second-order valence-electron chi connectivity index (χ2n) is 9.00. The fourth-order valence-electron chi connectivity index (χ4n) is 3.90. The molecule has 0 saturated carbocycles. The molecule has 0 spiro atoms. The third-order valence-corrected chi connectivity index (χ3v) is 6.82. The summed E-state index contributed by atoms with van der Waals surface area (Å²) in [5.74, 6) is 1.23. The highest BCUT2D eigenvalue weighted by Crippen LogP contribution is 2.28. The Morgan fingerprint density at radius 1 is 0.895 bits per heavy atom. The quantitative estimate of drug-likeness (QED) is 0.189. The van der Waals surface area contributed by atoms with Crippen LogP contribution in [0.15, 0.2) is 70.0 Å². The van der Waals surface area contributed by atoms with E-state index in [1.54, 1.807) is 12.1 Å². The van der Waals surface area contributed by atoms with Gasteiger partial charge in [-0.15, -0.1) is 0 Å². The van der Waals surface area contributed by atoms with Gasteiger partial charge in [0.15, 0.2) is 5.58 Å². The van der Waals surface area contributed by atoms with Crippen molar-refractivity contribution in [1.29, 1.82) is 0 Å². The fraction of sp³-hybridized carbons (Fsp3) is 0.321. The number of ether oxygens (including phenoxy) is 3. The zero-order valence-electron chi connectivity index (χ0n) is 21.7. The van der Waals surface area contributed by atoms with E-state index in [9.17, 15) is 13.0 Å². The number of rotatable bonds is 13. The minimum atomic E-state index is -4.26. The van der Waals surface area contributed by atoms with Gasteiger partial charge in [0, 0.05) is 31.4 Å². The van der Waals surface area contributed by atoms with E-state index in [1.807, 2.05) is 68.4 Å². The summed E-state index contributed by atoms with van der Waals surface area (Å²) in [6, 6.07) is 18.3. The molecule has 0 aliphatic rings. The van der Waals surface area contributed by atoms with Gasteiger partial charge in [-0.25, -0.2) is 4.98 Å². The van der Waals surface area contributed by atoms with Crippen LogP contribution in [-0.4, -0.2) is 65.1 Å². The van der Waals surface area contributed by atoms with E-state index in [0.29, 0.717) is 67.8 Å². The van der Waals surface area contributed by atoms with E-state index in [0.717, 1.165) is 16.8 Å². The van der Waals surface area contributed by atoms with Crippen molar-refractivity contribution in [1.82, 2.24) is 4.98 Å². The van der Waals surface area contributed by atoms with E-state index in [2.05, 4.69) is 4.98 Å². The van der Waals surface area contributed by atoms with Crippen LogP contribution in [0.25, 0.3) is 22.6 Å². The van der Waals surface area contributed by atoms with E-state index in [4.69, 9.17) is 18.6 Å². The number of hydrogen-bond acceptors (Lipinski definition) is 8. The summed E-state index contributed by atoms with van der Waals surface area (Å²) in [6.07, 6.45) is 0.369. The second kappa shape index (κ2) is 12.4. The average Bonchev–Trinajstić information content (AvgIpc) is 3.30. The Morgan fingerprint density at radius 3 is 2.32 bits per heavy atom. The van der Waals surface area contributed by atoms with Gasteiger partial charge in [0.05, 0.1) is 31.3 Å². The molecule has 0 saturated heterocycles. The third kappa shape index (κ3) is 7.32. The summed E-state index contributed by atoms with van der Waals surface area (Å²) >= 11 is 0. The van der Waals surface area contributed by atoms with Crippen LogP contribution in [0.2, 0.25) is 0 Å². The molecular formula is C28H32N2O7S. The first-order valence-corrected chi connectivity index (χ1v) is 13.7. The molecule has 0 radical (unpaired) electrons. The lowest BCUT2D eigenvalue weighted by atomic mass is 10.1. The molecule has 0 aliphatic carbocycles. The zero-order chi connectivity index (χ0) is 27.1. The molecule has 0 amide bonds. The summed E-state index contributed by atoms with van der Waals surface area (Å²) in [4.78, 5) is 6.55. The molecule has 0 aliphatic heterocycles. The van der Waals surface area contributed by atoms with E-state index < -0.39 is 10.1 Å². The molecule has 4 aromatic rings. The van der Waals surface area contributed by atoms with Crippen molar-refractivity contribution < 1.29 is 31.6 Å². The zero-order valence-corrected chi connectivity index (χ0v) is 22.5. The van der Waals surface area contributed by atoms with E-state index in [1.165, 1.54) is 6.07 Å². The van der Waals surface area contributed by atoms with Crippen LogP contribution in [0.3, 0.4) is 0 Å². The van der Waals surface area contributed by atoms with Gasteiger partial charge < -0.3 is 23.5 Å². The molecule has 0 bridgehead atoms. The molecule has 202 valence electrons. The van der Waals surface area contributed by atoms with Gasteiger partial charge in [0.2, 0.25) is 5.89 Å². The molecule has 4 rings (SSSR count). The molecule has 0 atom stereocenters. The Morgan fingerprint density at radius 2 is 1.61 bits per heavy atom. The van der Waals surface area contributed by atoms with Gasteiger partial charge in [0.1, 0.15) is 17.9 Å². The maximum Gasteiger partial charge on any atom is 0.294 e. The maximum absolute atomic E-state index is 11.5. The Hall–Kier alpha value is -3.44. The highest BCUT2D eigenvalue weighted by molar-refractivity contribution is 7.85. The van der Waals surface area contributed by atoms with Crippen molar-refractivity contribution in [3.05, 3.63) is 71.8 Å². The van der Waals surface area contributed by atoms with Crippen LogP contribution < -0.4 is 9.64 Å². The number of nitrogens with zero attached hydrogens (tertiary/aromatic N) is 2. The van der Waals surface area contributed by atoms with Crippen molar-refractivity contribution in [2.75, 3.05) is 52.0 Å². The average molecular weight is 541 g/mol. The van der Waals surface area contributed by atoms with Gasteiger partial charge in [0.25, 0.3) is 10.1 Å². The Balaban J connectivity index is 1.17. The van der Waals surface area contributed by atoms with Gasteiger partial charge in [-0.05, 0) is 61.4 Å². The number of aryl methyl sites for hydroxylation is 1. The first-order chi connectivity index (χ1) is 18.2. The third-order valence-electron chi connectivity index (χ3n) is 5.87. The molecule has 1 aromatic heterocycles. The normalized spacial score (nSPS) is 11.7. The van der Waals surface area contributed by atoms with Crippen LogP contribution in [-0.2, 0) is 26.0 Å². The predicted molar refractivity (Wildman–Crippen MR) is 146 cm³/mol. The van der Waals surface area contributed by atoms with Crippen LogP contribution >= 0.6 is 0 Å². The summed E-state index contributed by atoms with van der Waals surface area (Å²) in [7, 11) is -0.274. The summed E-state index contributed by atoms with van der Waals surface area (Å²) < 4.78 is 55.2. The molecular weight excluding hydrogens is 508 g/mol. The molecule has 10 heteroatoms. The van der Waals surface area contributed by atoms with E-state index >= 15 is 0 Å². The number of anilines is 1. The number of aromatic nitrogens is 1. The minimum absolute atomic E-state index is 0.0845. The van der Waals surface area contributed by atoms with Gasteiger partial charge in [-0.1, -0.05) is 17.7 Å². The number of hydrogen-bond donors (Lipinski definition) is 1. The minimum Gasteiger partial charge on any atom is -0.491 e. The molecule has 1 heterocycles. The smallest absolute Gasteiger partial charge is 0.294 e. The van der Waals surface area contributed by atoms with Crippen molar-refractivity contribution >= 4 is 26.9 Å². The molecule has 9 nitrogen and oxygen atoms in total. The van der Waals surface area contributed by atoms with Crippen LogP contribution in [0.5, 0.6) is 5.75 Å². The SMILES string of the molecule is Cc1ccc(S(=O)(=O)O)c(CCOCCOCCOc2ccc3oc(-c4ccc(N(C)C)cc4)nc3c2)c1. The van der Waals surface area contributed by atoms with Gasteiger partial charge in [-0.3, -0.25) is 4.55 Å². The highest BCUT2D eigenvalue weighted by atomic mass is 32.2. The van der Waals surface area contributed by atoms with Gasteiger partial charge >= 0.3 is 0 Å². The predicted octanol–water partition coefficient (Wildman–Crippen LogP) is 4.77. The van der Waals surface area contributed by atoms with Crippen LogP contribution in [0.4, 0.5) is 5.69 Å². The second-order valence-corrected chi connectivity index (χ2v) is 10.4. The first-order valence-electron chi connectivity index (χ1n) is 12.2. The summed E-state index contributed by atoms with van der Waals surface area (Å²) in [5.41, 5.74) is 4.85.